The van der Waals surface area contributed by atoms with Crippen LogP contribution in [0.15, 0.2) is 47.1 Å². The molecule has 2 aromatic rings. The van der Waals surface area contributed by atoms with Gasteiger partial charge in [0, 0.05) is 38.3 Å². The third-order valence-corrected chi connectivity index (χ3v) is 4.58. The predicted molar refractivity (Wildman–Crippen MR) is 98.3 cm³/mol. The highest BCUT2D eigenvalue weighted by Crippen LogP contribution is 2.20. The Balaban J connectivity index is 1.66. The molecule has 0 atom stereocenters. The molecular weight excluding hydrogens is 332 g/mol. The second kappa shape index (κ2) is 9.40. The second-order valence-corrected chi connectivity index (χ2v) is 6.32. The van der Waals surface area contributed by atoms with Crippen LogP contribution < -0.4 is 4.74 Å². The van der Waals surface area contributed by atoms with Crippen molar-refractivity contribution in [2.24, 2.45) is 0 Å². The molecule has 0 unspecified atom stereocenters. The molecule has 1 saturated heterocycles. The first-order valence-electron chi connectivity index (χ1n) is 9.02. The van der Waals surface area contributed by atoms with E-state index < -0.39 is 0 Å². The molecule has 1 fully saturated rings. The number of hydrogen-bond donors (Lipinski definition) is 0. The summed E-state index contributed by atoms with van der Waals surface area (Å²) in [6, 6.07) is 11.2. The molecule has 0 aliphatic carbocycles. The number of furan rings is 1. The highest BCUT2D eigenvalue weighted by atomic mass is 16.5. The van der Waals surface area contributed by atoms with Crippen LogP contribution in [-0.2, 0) is 11.3 Å². The van der Waals surface area contributed by atoms with Crippen molar-refractivity contribution in [1.82, 2.24) is 9.80 Å². The largest absolute Gasteiger partial charge is 0.496 e. The lowest BCUT2D eigenvalue weighted by Gasteiger charge is -2.28. The number of carbonyl (C=O) groups is 1. The van der Waals surface area contributed by atoms with Gasteiger partial charge in [0.1, 0.15) is 5.75 Å². The van der Waals surface area contributed by atoms with Gasteiger partial charge in [-0.1, -0.05) is 18.2 Å². The zero-order valence-corrected chi connectivity index (χ0v) is 15.2. The van der Waals surface area contributed by atoms with Crippen LogP contribution in [0.4, 0.5) is 0 Å². The Morgan fingerprint density at radius 1 is 1.19 bits per heavy atom. The molecule has 3 rings (SSSR count). The summed E-state index contributed by atoms with van der Waals surface area (Å²) in [6.45, 7) is 5.60. The van der Waals surface area contributed by atoms with Gasteiger partial charge in [-0.3, -0.25) is 9.69 Å². The van der Waals surface area contributed by atoms with Crippen LogP contribution in [0.2, 0.25) is 0 Å². The van der Waals surface area contributed by atoms with E-state index in [0.29, 0.717) is 18.8 Å². The molecule has 0 radical (unpaired) electrons. The summed E-state index contributed by atoms with van der Waals surface area (Å²) in [5.41, 5.74) is 0.987. The molecule has 6 nitrogen and oxygen atoms in total. The Bertz CT molecular complexity index is 681. The van der Waals surface area contributed by atoms with Gasteiger partial charge in [-0.25, -0.2) is 0 Å². The lowest BCUT2D eigenvalue weighted by Crippen LogP contribution is -2.39. The van der Waals surface area contributed by atoms with Crippen molar-refractivity contribution in [3.63, 3.8) is 0 Å². The van der Waals surface area contributed by atoms with Crippen molar-refractivity contribution in [2.75, 3.05) is 46.5 Å². The van der Waals surface area contributed by atoms with E-state index >= 15 is 0 Å². The van der Waals surface area contributed by atoms with E-state index in [-0.39, 0.29) is 5.91 Å². The smallest absolute Gasteiger partial charge is 0.289 e. The molecule has 1 aromatic carbocycles. The number of hydrogen-bond acceptors (Lipinski definition) is 5. The maximum atomic E-state index is 12.8. The molecule has 2 heterocycles. The number of nitrogens with zero attached hydrogens (tertiary/aromatic N) is 2. The van der Waals surface area contributed by atoms with Gasteiger partial charge in [0.2, 0.25) is 0 Å². The van der Waals surface area contributed by atoms with Gasteiger partial charge in [0.25, 0.3) is 5.91 Å². The van der Waals surface area contributed by atoms with Gasteiger partial charge in [-0.2, -0.15) is 0 Å². The molecule has 0 bridgehead atoms. The molecule has 140 valence electrons. The van der Waals surface area contributed by atoms with E-state index in [0.717, 1.165) is 50.6 Å². The van der Waals surface area contributed by atoms with Crippen molar-refractivity contribution < 1.29 is 18.7 Å². The van der Waals surface area contributed by atoms with Crippen molar-refractivity contribution in [1.29, 1.82) is 0 Å². The molecule has 1 aliphatic heterocycles. The van der Waals surface area contributed by atoms with Crippen LogP contribution in [0.5, 0.6) is 5.75 Å². The fourth-order valence-corrected chi connectivity index (χ4v) is 3.16. The molecule has 1 aromatic heterocycles. The zero-order chi connectivity index (χ0) is 18.2. The number of rotatable bonds is 8. The molecule has 6 heteroatoms. The van der Waals surface area contributed by atoms with Gasteiger partial charge >= 0.3 is 0 Å². The van der Waals surface area contributed by atoms with Crippen LogP contribution in [0.1, 0.15) is 22.5 Å². The minimum Gasteiger partial charge on any atom is -0.496 e. The minimum atomic E-state index is -0.0946. The van der Waals surface area contributed by atoms with Crippen LogP contribution >= 0.6 is 0 Å². The van der Waals surface area contributed by atoms with Gasteiger partial charge in [-0.15, -0.1) is 0 Å². The maximum Gasteiger partial charge on any atom is 0.289 e. The summed E-state index contributed by atoms with van der Waals surface area (Å²) in [5.74, 6) is 1.06. The lowest BCUT2D eigenvalue weighted by atomic mass is 10.1. The Labute approximate surface area is 154 Å². The summed E-state index contributed by atoms with van der Waals surface area (Å²) in [7, 11) is 1.65. The minimum absolute atomic E-state index is 0.0946. The number of para-hydroxylation sites is 1. The third kappa shape index (κ3) is 4.86. The SMILES string of the molecule is COc1ccccc1CN(CCCN1CCOCC1)C(=O)c1ccco1. The normalized spacial score (nSPS) is 15.0. The first kappa shape index (κ1) is 18.5. The quantitative estimate of drug-likeness (QED) is 0.726. The van der Waals surface area contributed by atoms with E-state index in [4.69, 9.17) is 13.9 Å². The fraction of sp³-hybridized carbons (Fsp3) is 0.450. The Morgan fingerprint density at radius 2 is 2.00 bits per heavy atom. The van der Waals surface area contributed by atoms with Crippen LogP contribution in [0.25, 0.3) is 0 Å². The average molecular weight is 358 g/mol. The van der Waals surface area contributed by atoms with Gasteiger partial charge in [0.15, 0.2) is 5.76 Å². The highest BCUT2D eigenvalue weighted by molar-refractivity contribution is 5.91. The van der Waals surface area contributed by atoms with Crippen LogP contribution in [0.3, 0.4) is 0 Å². The van der Waals surface area contributed by atoms with Crippen LogP contribution in [0, 0.1) is 0 Å². The van der Waals surface area contributed by atoms with E-state index in [1.807, 2.05) is 29.2 Å². The first-order valence-corrected chi connectivity index (χ1v) is 9.02. The number of carbonyl (C=O) groups excluding carboxylic acids is 1. The summed E-state index contributed by atoms with van der Waals surface area (Å²) in [4.78, 5) is 17.1. The Hall–Kier alpha value is -2.31. The number of morpholine rings is 1. The molecule has 1 amide bonds. The number of amides is 1. The molecule has 26 heavy (non-hydrogen) atoms. The number of ether oxygens (including phenoxy) is 2. The standard InChI is InChI=1S/C20H26N2O4/c1-24-18-7-3-2-6-17(18)16-22(20(23)19-8-4-13-26-19)10-5-9-21-11-14-25-15-12-21/h2-4,6-8,13H,5,9-12,14-16H2,1H3. The highest BCUT2D eigenvalue weighted by Gasteiger charge is 2.20. The second-order valence-electron chi connectivity index (χ2n) is 6.32. The van der Waals surface area contributed by atoms with E-state index in [1.165, 1.54) is 6.26 Å². The maximum absolute atomic E-state index is 12.8. The van der Waals surface area contributed by atoms with Gasteiger partial charge in [0.05, 0.1) is 26.6 Å². The van der Waals surface area contributed by atoms with E-state index in [1.54, 1.807) is 19.2 Å². The van der Waals surface area contributed by atoms with Gasteiger partial charge < -0.3 is 18.8 Å². The summed E-state index contributed by atoms with van der Waals surface area (Å²) < 4.78 is 16.1. The number of methoxy groups -OCH3 is 1. The molecule has 0 spiro atoms. The topological polar surface area (TPSA) is 55.2 Å². The lowest BCUT2D eigenvalue weighted by molar-refractivity contribution is 0.0354. The first-order chi connectivity index (χ1) is 12.8. The molecule has 0 N–H and O–H groups in total. The summed E-state index contributed by atoms with van der Waals surface area (Å²) in [6.07, 6.45) is 2.43. The van der Waals surface area contributed by atoms with Crippen molar-refractivity contribution >= 4 is 5.91 Å². The summed E-state index contributed by atoms with van der Waals surface area (Å²) in [5, 5.41) is 0. The molecule has 1 aliphatic rings. The monoisotopic (exact) mass is 358 g/mol. The fourth-order valence-electron chi connectivity index (χ4n) is 3.16. The van der Waals surface area contributed by atoms with Gasteiger partial charge in [-0.05, 0) is 24.6 Å². The third-order valence-electron chi connectivity index (χ3n) is 4.58. The predicted octanol–water partition coefficient (Wildman–Crippen LogP) is 2.65. The van der Waals surface area contributed by atoms with Crippen molar-refractivity contribution in [2.45, 2.75) is 13.0 Å². The molecular formula is C20H26N2O4. The molecule has 0 saturated carbocycles. The zero-order valence-electron chi connectivity index (χ0n) is 15.2. The van der Waals surface area contributed by atoms with Crippen molar-refractivity contribution in [3.05, 3.63) is 54.0 Å². The average Bonchev–Trinajstić information content (AvgIpc) is 3.22. The number of benzene rings is 1. The van der Waals surface area contributed by atoms with Crippen LogP contribution in [-0.4, -0.2) is 62.2 Å². The summed E-state index contributed by atoms with van der Waals surface area (Å²) >= 11 is 0. The van der Waals surface area contributed by atoms with E-state index in [2.05, 4.69) is 4.90 Å². The van der Waals surface area contributed by atoms with E-state index in [9.17, 15) is 4.79 Å². The van der Waals surface area contributed by atoms with Crippen molar-refractivity contribution in [3.8, 4) is 5.75 Å². The Kier molecular flexibility index (Phi) is 6.68. The Morgan fingerprint density at radius 3 is 2.73 bits per heavy atom.